The van der Waals surface area contributed by atoms with Gasteiger partial charge < -0.3 is 22.7 Å². The zero-order valence-electron chi connectivity index (χ0n) is 11.8. The Morgan fingerprint density at radius 1 is 1.23 bits per heavy atom. The summed E-state index contributed by atoms with van der Waals surface area (Å²) in [5.74, 6) is 1.19. The molecule has 0 atom stereocenters. The maximum absolute atomic E-state index is 5.90. The molecule has 0 aliphatic rings. The Balaban J connectivity index is 0.00000121. The number of hydrogen-bond acceptors (Lipinski definition) is 5. The number of nitrogen functional groups attached to an aromatic ring is 1. The number of aromatic nitrogens is 4. The fraction of sp³-hybridized carbons (Fsp3) is 0.143. The summed E-state index contributed by atoms with van der Waals surface area (Å²) in [4.78, 5) is 8.34. The molecule has 0 bridgehead atoms. The molecule has 2 aromatic heterocycles. The van der Waals surface area contributed by atoms with Crippen LogP contribution >= 0.6 is 28.3 Å². The van der Waals surface area contributed by atoms with E-state index in [1.807, 2.05) is 47.4 Å². The predicted molar refractivity (Wildman–Crippen MR) is 88.4 cm³/mol. The third kappa shape index (κ3) is 4.31. The molecule has 8 heteroatoms. The molecule has 0 saturated carbocycles. The highest BCUT2D eigenvalue weighted by Gasteiger charge is 2.14. The van der Waals surface area contributed by atoms with Gasteiger partial charge in [0.1, 0.15) is 11.6 Å². The van der Waals surface area contributed by atoms with E-state index in [2.05, 4.69) is 15.1 Å². The molecule has 0 aliphatic carbocycles. The molecule has 22 heavy (non-hydrogen) atoms. The lowest BCUT2D eigenvalue weighted by Gasteiger charge is -1.99. The van der Waals surface area contributed by atoms with Crippen LogP contribution in [0.5, 0.6) is 0 Å². The summed E-state index contributed by atoms with van der Waals surface area (Å²) in [6, 6.07) is 10.1. The molecule has 1 aromatic carbocycles. The van der Waals surface area contributed by atoms with Gasteiger partial charge in [0.25, 0.3) is 5.51 Å². The van der Waals surface area contributed by atoms with E-state index in [1.54, 1.807) is 17.5 Å². The van der Waals surface area contributed by atoms with E-state index in [-0.39, 0.29) is 34.0 Å². The summed E-state index contributed by atoms with van der Waals surface area (Å²) >= 11 is 1.60. The Morgan fingerprint density at radius 2 is 1.95 bits per heavy atom. The van der Waals surface area contributed by atoms with E-state index in [9.17, 15) is 0 Å². The molecular weight excluding hydrogens is 430 g/mol. The number of rotatable bonds is 3. The number of halogens is 2. The van der Waals surface area contributed by atoms with Crippen LogP contribution in [0.25, 0.3) is 10.6 Å². The van der Waals surface area contributed by atoms with Crippen molar-refractivity contribution in [1.82, 2.24) is 15.1 Å². The first-order valence-electron chi connectivity index (χ1n) is 6.21. The predicted octanol–water partition coefficient (Wildman–Crippen LogP) is -0.592. The Kier molecular flexibility index (Phi) is 7.05. The molecule has 3 rings (SSSR count). The van der Waals surface area contributed by atoms with Crippen LogP contribution in [0, 0.1) is 6.92 Å². The largest absolute Gasteiger partial charge is 1.00 e. The SMILES string of the molecule is Br.Cc1ncc(C[n+]2csc(-c3ccccc3)n2)c(N)n1.[Br-]. The smallest absolute Gasteiger partial charge is 0.253 e. The van der Waals surface area contributed by atoms with Crippen molar-refractivity contribution in [3.63, 3.8) is 0 Å². The van der Waals surface area contributed by atoms with Crippen molar-refractivity contribution in [2.24, 2.45) is 0 Å². The van der Waals surface area contributed by atoms with Crippen LogP contribution in [-0.4, -0.2) is 15.1 Å². The molecule has 0 fully saturated rings. The molecule has 0 radical (unpaired) electrons. The van der Waals surface area contributed by atoms with Gasteiger partial charge in [0.15, 0.2) is 5.01 Å². The molecule has 5 nitrogen and oxygen atoms in total. The van der Waals surface area contributed by atoms with Gasteiger partial charge in [-0.2, -0.15) is 0 Å². The van der Waals surface area contributed by atoms with Crippen LogP contribution < -0.4 is 27.4 Å². The lowest BCUT2D eigenvalue weighted by Crippen LogP contribution is -3.00. The van der Waals surface area contributed by atoms with Gasteiger partial charge in [0.2, 0.25) is 6.54 Å². The van der Waals surface area contributed by atoms with Gasteiger partial charge >= 0.3 is 0 Å². The Hall–Kier alpha value is -1.38. The van der Waals surface area contributed by atoms with Gasteiger partial charge in [0.05, 0.1) is 5.56 Å². The van der Waals surface area contributed by atoms with Crippen LogP contribution in [-0.2, 0) is 6.54 Å². The van der Waals surface area contributed by atoms with Gasteiger partial charge in [-0.3, -0.25) is 0 Å². The van der Waals surface area contributed by atoms with Gasteiger partial charge in [-0.1, -0.05) is 35.0 Å². The molecule has 0 spiro atoms. The second-order valence-electron chi connectivity index (χ2n) is 4.42. The zero-order valence-corrected chi connectivity index (χ0v) is 15.9. The van der Waals surface area contributed by atoms with Crippen LogP contribution in [0.1, 0.15) is 11.4 Å². The molecule has 0 unspecified atom stereocenters. The average Bonchev–Trinajstić information content (AvgIpc) is 2.92. The lowest BCUT2D eigenvalue weighted by atomic mass is 10.2. The first-order chi connectivity index (χ1) is 9.72. The first-order valence-corrected chi connectivity index (χ1v) is 7.09. The number of nitrogens with two attached hydrogens (primary N) is 1. The molecule has 116 valence electrons. The van der Waals surface area contributed by atoms with Crippen molar-refractivity contribution in [3.05, 3.63) is 53.4 Å². The maximum Gasteiger partial charge on any atom is 0.253 e. The summed E-state index contributed by atoms with van der Waals surface area (Å²) in [6.45, 7) is 2.40. The van der Waals surface area contributed by atoms with Crippen molar-refractivity contribution in [2.45, 2.75) is 13.5 Å². The molecule has 3 aromatic rings. The Morgan fingerprint density at radius 3 is 2.64 bits per heavy atom. The summed E-state index contributed by atoms with van der Waals surface area (Å²) in [7, 11) is 0. The molecule has 0 amide bonds. The van der Waals surface area contributed by atoms with Crippen LogP contribution in [0.15, 0.2) is 42.0 Å². The summed E-state index contributed by atoms with van der Waals surface area (Å²) in [6.07, 6.45) is 1.76. The minimum absolute atomic E-state index is 0. The zero-order chi connectivity index (χ0) is 13.9. The standard InChI is InChI=1S/C14H14N5S.2BrH/c1-10-16-7-12(13(15)17-10)8-19-9-20-14(18-19)11-5-3-2-4-6-11;;/h2-7,9H,8H2,1H3,(H2,15,16,17);2*1H/q+1;;/p-1. The third-order valence-corrected chi connectivity index (χ3v) is 3.77. The van der Waals surface area contributed by atoms with E-state index in [1.165, 1.54) is 0 Å². The van der Waals surface area contributed by atoms with E-state index in [0.717, 1.165) is 16.1 Å². The minimum Gasteiger partial charge on any atom is -1.00 e. The van der Waals surface area contributed by atoms with E-state index < -0.39 is 0 Å². The van der Waals surface area contributed by atoms with Crippen LogP contribution in [0.4, 0.5) is 5.82 Å². The molecule has 0 saturated heterocycles. The molecule has 2 N–H and O–H groups in total. The maximum atomic E-state index is 5.90. The van der Waals surface area contributed by atoms with E-state index >= 15 is 0 Å². The highest BCUT2D eigenvalue weighted by Crippen LogP contribution is 2.19. The number of nitrogens with zero attached hydrogens (tertiary/aromatic N) is 4. The number of benzene rings is 1. The van der Waals surface area contributed by atoms with Crippen molar-refractivity contribution >= 4 is 34.1 Å². The van der Waals surface area contributed by atoms with E-state index in [4.69, 9.17) is 5.73 Å². The second kappa shape index (κ2) is 8.30. The Bertz CT molecular complexity index is 733. The number of hydrogen-bond donors (Lipinski definition) is 1. The van der Waals surface area contributed by atoms with Gasteiger partial charge in [-0.15, -0.1) is 17.0 Å². The summed E-state index contributed by atoms with van der Waals surface area (Å²) in [5, 5.41) is 5.55. The van der Waals surface area contributed by atoms with Gasteiger partial charge in [-0.05, 0) is 18.3 Å². The van der Waals surface area contributed by atoms with Crippen molar-refractivity contribution in [3.8, 4) is 10.6 Å². The fourth-order valence-corrected chi connectivity index (χ4v) is 2.63. The van der Waals surface area contributed by atoms with Crippen molar-refractivity contribution in [2.75, 3.05) is 5.73 Å². The van der Waals surface area contributed by atoms with Crippen molar-refractivity contribution < 1.29 is 21.7 Å². The monoisotopic (exact) mass is 443 g/mol. The summed E-state index contributed by atoms with van der Waals surface area (Å²) < 4.78 is 1.86. The molecule has 2 heterocycles. The van der Waals surface area contributed by atoms with Crippen LogP contribution in [0.3, 0.4) is 0 Å². The first kappa shape index (κ1) is 18.7. The van der Waals surface area contributed by atoms with Crippen LogP contribution in [0.2, 0.25) is 0 Å². The topological polar surface area (TPSA) is 68.6 Å². The summed E-state index contributed by atoms with van der Waals surface area (Å²) in [5.41, 5.74) is 9.87. The minimum atomic E-state index is 0. The lowest BCUT2D eigenvalue weighted by molar-refractivity contribution is -0.740. The Labute approximate surface area is 153 Å². The molecule has 0 aliphatic heterocycles. The highest BCUT2D eigenvalue weighted by molar-refractivity contribution is 8.93. The number of aryl methyl sites for hydroxylation is 1. The average molecular weight is 445 g/mol. The fourth-order valence-electron chi connectivity index (χ4n) is 1.86. The van der Waals surface area contributed by atoms with E-state index in [0.29, 0.717) is 18.2 Å². The highest BCUT2D eigenvalue weighted by atomic mass is 79.9. The second-order valence-corrected chi connectivity index (χ2v) is 5.25. The molecular formula is C14H15Br2N5S. The normalized spacial score (nSPS) is 9.68. The quantitative estimate of drug-likeness (QED) is 0.548. The number of anilines is 1. The third-order valence-electron chi connectivity index (χ3n) is 2.88. The van der Waals surface area contributed by atoms with Gasteiger partial charge in [0, 0.05) is 16.9 Å². The van der Waals surface area contributed by atoms with Crippen molar-refractivity contribution in [1.29, 1.82) is 0 Å². The van der Waals surface area contributed by atoms with Gasteiger partial charge in [-0.25, -0.2) is 9.97 Å².